The van der Waals surface area contributed by atoms with Crippen molar-refractivity contribution in [1.82, 2.24) is 49.4 Å². The Labute approximate surface area is 459 Å². The van der Waals surface area contributed by atoms with Crippen molar-refractivity contribution in [3.05, 3.63) is 80.3 Å². The summed E-state index contributed by atoms with van der Waals surface area (Å²) in [6.07, 6.45) is 9.03. The first kappa shape index (κ1) is 57.3. The average Bonchev–Trinajstić information content (AvgIpc) is 4.23. The van der Waals surface area contributed by atoms with Crippen LogP contribution in [0.3, 0.4) is 0 Å². The number of amides is 5. The molecule has 2 aliphatic heterocycles. The lowest BCUT2D eigenvalue weighted by Crippen LogP contribution is -2.37. The number of nitrogens with one attached hydrogen (secondary N) is 4. The quantitative estimate of drug-likeness (QED) is 0.0194. The van der Waals surface area contributed by atoms with E-state index < -0.39 is 35.5 Å². The standard InChI is InChI=1S/C53H69FN14O8S2/c1-5-37-46(78-33(4)59-37)50(72)63-52-60-38-28-35(47(55)69)30-40(75-24-11-18-65-21-25-74-26-22-65)43(38)66(52)19-7-8-20-67-44-39(61-51(67)62-49(71)45-42(54)32(3)64-68(45)6-2)29-36(48(56)70)31-41(44)77-27-10-15-58-53(73)76-23-9-12-34-13-16-57-17-14-34/h7-8,28-31,34,57H,5-6,9-27H2,1-4H3,(H2,55,69)(H2,56,70)(H,58,73)(H,60,63,72)(H,61,62,71)/b8-7+. The molecule has 0 unspecified atom stereocenters. The van der Waals surface area contributed by atoms with E-state index in [0.717, 1.165) is 63.4 Å². The van der Waals surface area contributed by atoms with Gasteiger partial charge in [-0.15, -0.1) is 23.1 Å². The number of halogens is 1. The second-order valence-electron chi connectivity index (χ2n) is 19.1. The number of benzene rings is 2. The highest BCUT2D eigenvalue weighted by atomic mass is 32.2. The number of aromatic nitrogens is 7. The van der Waals surface area contributed by atoms with Crippen molar-refractivity contribution in [2.24, 2.45) is 17.4 Å². The highest BCUT2D eigenvalue weighted by molar-refractivity contribution is 7.99. The van der Waals surface area contributed by atoms with E-state index in [9.17, 15) is 24.0 Å². The van der Waals surface area contributed by atoms with E-state index in [0.29, 0.717) is 107 Å². The Balaban J connectivity index is 1.09. The number of piperidine rings is 1. The van der Waals surface area contributed by atoms with Gasteiger partial charge in [-0.1, -0.05) is 19.1 Å². The summed E-state index contributed by atoms with van der Waals surface area (Å²) in [5.41, 5.74) is 14.2. The maximum atomic E-state index is 15.5. The predicted molar refractivity (Wildman–Crippen MR) is 297 cm³/mol. The number of anilines is 2. The fraction of sp³-hybridized carbons (Fsp3) is 0.491. The largest absolute Gasteiger partial charge is 0.491 e. The Morgan fingerprint density at radius 1 is 0.872 bits per heavy atom. The molecule has 78 heavy (non-hydrogen) atoms. The predicted octanol–water partition coefficient (Wildman–Crippen LogP) is 6.43. The van der Waals surface area contributed by atoms with Crippen LogP contribution >= 0.6 is 23.1 Å². The molecule has 0 spiro atoms. The van der Waals surface area contributed by atoms with Gasteiger partial charge in [-0.2, -0.15) is 5.10 Å². The minimum absolute atomic E-state index is 0.0490. The number of aryl methyl sites for hydroxylation is 4. The number of alkyl carbamates (subject to hydrolysis) is 1. The van der Waals surface area contributed by atoms with Crippen LogP contribution in [-0.4, -0.2) is 140 Å². The number of nitrogens with zero attached hydrogens (tertiary/aromatic N) is 8. The van der Waals surface area contributed by atoms with Crippen LogP contribution < -0.4 is 37.5 Å². The molecule has 22 nitrogen and oxygen atoms in total. The van der Waals surface area contributed by atoms with Crippen molar-refractivity contribution in [2.45, 2.75) is 97.2 Å². The summed E-state index contributed by atoms with van der Waals surface area (Å²) in [5, 5.41) is 16.9. The van der Waals surface area contributed by atoms with E-state index in [1.54, 1.807) is 34.3 Å². The number of primary amides is 2. The van der Waals surface area contributed by atoms with Crippen LogP contribution in [0.5, 0.6) is 5.75 Å². The van der Waals surface area contributed by atoms with Gasteiger partial charge in [0.05, 0.1) is 59.4 Å². The number of morpholine rings is 1. The Morgan fingerprint density at radius 2 is 1.54 bits per heavy atom. The lowest BCUT2D eigenvalue weighted by molar-refractivity contribution is 0.0358. The van der Waals surface area contributed by atoms with Crippen LogP contribution in [0.1, 0.15) is 110 Å². The number of fused-ring (bicyclic) bond motifs is 2. The number of hydrogen-bond donors (Lipinski definition) is 6. The second kappa shape index (κ2) is 27.1. The van der Waals surface area contributed by atoms with Crippen LogP contribution in [0.4, 0.5) is 21.1 Å². The summed E-state index contributed by atoms with van der Waals surface area (Å²) in [6.45, 7) is 14.2. The van der Waals surface area contributed by atoms with E-state index in [1.807, 2.05) is 26.0 Å². The Morgan fingerprint density at radius 3 is 2.22 bits per heavy atom. The van der Waals surface area contributed by atoms with Gasteiger partial charge in [0.25, 0.3) is 11.8 Å². The number of rotatable bonds is 26. The SMILES string of the molecule is CCc1nc(C)sc1C(=O)Nc1nc2cc(C(N)=O)cc(OCCCN3CCOCC3)c2n1C/C=C/Cn1c(NC(=O)c2c(F)c(C)nn2CC)nc2cc(C(N)=O)cc(SCCCNC(=O)OCCCC3CCNCC3)c21. The first-order valence-corrected chi connectivity index (χ1v) is 28.3. The second-order valence-corrected chi connectivity index (χ2v) is 21.4. The van der Waals surface area contributed by atoms with Gasteiger partial charge in [-0.25, -0.2) is 24.1 Å². The molecule has 2 aliphatic rings. The molecule has 2 saturated heterocycles. The van der Waals surface area contributed by atoms with Crippen molar-refractivity contribution in [3.63, 3.8) is 0 Å². The average molecular weight is 1110 g/mol. The number of hydrogen-bond acceptors (Lipinski definition) is 16. The molecule has 0 radical (unpaired) electrons. The van der Waals surface area contributed by atoms with Gasteiger partial charge in [-0.3, -0.25) is 39.4 Å². The smallest absolute Gasteiger partial charge is 0.407 e. The molecular formula is C53H69FN14O8S2. The molecule has 8 rings (SSSR count). The van der Waals surface area contributed by atoms with Crippen molar-refractivity contribution < 1.29 is 42.6 Å². The topological polar surface area (TPSA) is 283 Å². The molecule has 0 saturated carbocycles. The number of carbonyl (C=O) groups excluding carboxylic acids is 5. The minimum Gasteiger partial charge on any atom is -0.491 e. The van der Waals surface area contributed by atoms with Gasteiger partial charge >= 0.3 is 6.09 Å². The highest BCUT2D eigenvalue weighted by Crippen LogP contribution is 2.35. The number of thioether (sulfide) groups is 1. The maximum Gasteiger partial charge on any atom is 0.407 e. The van der Waals surface area contributed by atoms with Crippen molar-refractivity contribution in [2.75, 3.05) is 82.1 Å². The van der Waals surface area contributed by atoms with Crippen LogP contribution in [-0.2, 0) is 35.5 Å². The molecule has 6 aromatic rings. The Kier molecular flexibility index (Phi) is 19.9. The Bertz CT molecular complexity index is 3160. The molecule has 0 atom stereocenters. The van der Waals surface area contributed by atoms with Gasteiger partial charge in [-0.05, 0) is 115 Å². The fourth-order valence-corrected chi connectivity index (χ4v) is 11.6. The summed E-state index contributed by atoms with van der Waals surface area (Å²) in [7, 11) is 0. The maximum absolute atomic E-state index is 15.5. The molecule has 0 bridgehead atoms. The number of thiazole rings is 1. The number of imidazole rings is 2. The Hall–Kier alpha value is -6.93. The number of allylic oxidation sites excluding steroid dienone is 2. The zero-order valence-corrected chi connectivity index (χ0v) is 46.2. The van der Waals surface area contributed by atoms with Crippen LogP contribution in [0, 0.1) is 25.6 Å². The summed E-state index contributed by atoms with van der Waals surface area (Å²) in [5.74, 6) is -1.63. The van der Waals surface area contributed by atoms with E-state index in [1.165, 1.54) is 40.8 Å². The van der Waals surface area contributed by atoms with E-state index in [2.05, 4.69) is 36.2 Å². The lowest BCUT2D eigenvalue weighted by Gasteiger charge is -2.26. The monoisotopic (exact) mass is 1110 g/mol. The molecular weight excluding hydrogens is 1040 g/mol. The van der Waals surface area contributed by atoms with Crippen LogP contribution in [0.25, 0.3) is 22.1 Å². The van der Waals surface area contributed by atoms with Crippen LogP contribution in [0.15, 0.2) is 41.3 Å². The molecule has 5 amide bonds. The van der Waals surface area contributed by atoms with Crippen LogP contribution in [0.2, 0.25) is 0 Å². The zero-order valence-electron chi connectivity index (χ0n) is 44.6. The number of ether oxygens (including phenoxy) is 3. The highest BCUT2D eigenvalue weighted by Gasteiger charge is 2.27. The number of carbonyl (C=O) groups is 5. The first-order chi connectivity index (χ1) is 37.7. The van der Waals surface area contributed by atoms with Gasteiger partial charge in [0.2, 0.25) is 23.7 Å². The third-order valence-electron chi connectivity index (χ3n) is 13.6. The summed E-state index contributed by atoms with van der Waals surface area (Å²) < 4.78 is 37.7. The van der Waals surface area contributed by atoms with Crippen molar-refractivity contribution in [3.8, 4) is 5.75 Å². The third-order valence-corrected chi connectivity index (χ3v) is 15.7. The molecule has 8 N–H and O–H groups in total. The first-order valence-electron chi connectivity index (χ1n) is 26.5. The van der Waals surface area contributed by atoms with Crippen molar-refractivity contribution in [1.29, 1.82) is 0 Å². The van der Waals surface area contributed by atoms with Gasteiger partial charge < -0.3 is 45.4 Å². The fourth-order valence-electron chi connectivity index (χ4n) is 9.58. The normalized spacial score (nSPS) is 14.4. The molecule has 418 valence electrons. The van der Waals surface area contributed by atoms with Crippen molar-refractivity contribution >= 4 is 86.8 Å². The van der Waals surface area contributed by atoms with Gasteiger partial charge in [0, 0.05) is 61.8 Å². The van der Waals surface area contributed by atoms with E-state index >= 15 is 4.39 Å². The zero-order chi connectivity index (χ0) is 55.3. The van der Waals surface area contributed by atoms with E-state index in [4.69, 9.17) is 35.6 Å². The summed E-state index contributed by atoms with van der Waals surface area (Å²) >= 11 is 2.68. The third kappa shape index (κ3) is 14.2. The van der Waals surface area contributed by atoms with Gasteiger partial charge in [0.15, 0.2) is 11.5 Å². The minimum atomic E-state index is -0.788. The number of nitrogens with two attached hydrogens (primary N) is 2. The molecule has 25 heteroatoms. The molecule has 6 heterocycles. The molecule has 0 aliphatic carbocycles. The summed E-state index contributed by atoms with van der Waals surface area (Å²) in [6, 6.07) is 6.33. The molecule has 4 aromatic heterocycles. The lowest BCUT2D eigenvalue weighted by atomic mass is 9.93. The van der Waals surface area contributed by atoms with E-state index in [-0.39, 0.29) is 54.0 Å². The molecule has 2 fully saturated rings. The van der Waals surface area contributed by atoms with Gasteiger partial charge in [0.1, 0.15) is 16.1 Å². The molecule has 2 aromatic carbocycles. The summed E-state index contributed by atoms with van der Waals surface area (Å²) in [4.78, 5) is 83.6.